The van der Waals surface area contributed by atoms with Gasteiger partial charge in [-0.15, -0.1) is 0 Å². The predicted molar refractivity (Wildman–Crippen MR) is 69.8 cm³/mol. The maximum absolute atomic E-state index is 11.6. The van der Waals surface area contributed by atoms with Crippen molar-refractivity contribution in [2.24, 2.45) is 0 Å². The number of hydrogen-bond acceptors (Lipinski definition) is 2. The molecule has 1 N–H and O–H groups in total. The van der Waals surface area contributed by atoms with Crippen LogP contribution in [0.2, 0.25) is 0 Å². The van der Waals surface area contributed by atoms with Gasteiger partial charge in [-0.2, -0.15) is 0 Å². The van der Waals surface area contributed by atoms with Crippen LogP contribution < -0.4 is 4.90 Å². The van der Waals surface area contributed by atoms with Gasteiger partial charge in [0, 0.05) is 8.04 Å². The second-order valence-corrected chi connectivity index (χ2v) is 5.56. The quantitative estimate of drug-likeness (QED) is 0.757. The highest BCUT2D eigenvalue weighted by atomic mass is 127. The summed E-state index contributed by atoms with van der Waals surface area (Å²) in [7, 11) is 0. The molecule has 1 aromatic carbocycles. The van der Waals surface area contributed by atoms with Crippen LogP contribution in [-0.4, -0.2) is 23.7 Å². The van der Waals surface area contributed by atoms with E-state index in [9.17, 15) is 9.90 Å². The number of hydrogen-bond donors (Lipinski definition) is 1. The van der Waals surface area contributed by atoms with Gasteiger partial charge in [0.1, 0.15) is 0 Å². The molecule has 1 aliphatic heterocycles. The summed E-state index contributed by atoms with van der Waals surface area (Å²) in [5.41, 5.74) is 0.831. The van der Waals surface area contributed by atoms with Gasteiger partial charge < -0.3 is 10.0 Å². The number of aliphatic hydroxyl groups excluding tert-OH is 1. The molecule has 1 heterocycles. The maximum atomic E-state index is 11.6. The number of rotatable bonds is 1. The lowest BCUT2D eigenvalue weighted by atomic mass is 10.3. The van der Waals surface area contributed by atoms with Crippen LogP contribution in [0.1, 0.15) is 6.42 Å². The summed E-state index contributed by atoms with van der Waals surface area (Å²) in [5.74, 6) is -0.0237. The molecule has 1 unspecified atom stereocenters. The summed E-state index contributed by atoms with van der Waals surface area (Å²) in [6, 6.07) is 5.79. The molecular weight excluding hydrogens is 373 g/mol. The first-order valence-electron chi connectivity index (χ1n) is 4.51. The Hall–Kier alpha value is -0.140. The van der Waals surface area contributed by atoms with Gasteiger partial charge in [0.05, 0.1) is 24.8 Å². The van der Waals surface area contributed by atoms with E-state index in [0.29, 0.717) is 6.54 Å². The molecule has 1 atom stereocenters. The Morgan fingerprint density at radius 2 is 2.27 bits per heavy atom. The zero-order valence-corrected chi connectivity index (χ0v) is 11.5. The molecule has 1 amide bonds. The van der Waals surface area contributed by atoms with E-state index in [1.165, 1.54) is 0 Å². The third-order valence-electron chi connectivity index (χ3n) is 2.31. The van der Waals surface area contributed by atoms with Crippen LogP contribution in [-0.2, 0) is 4.79 Å². The number of aliphatic hydroxyl groups is 1. The normalized spacial score (nSPS) is 21.1. The van der Waals surface area contributed by atoms with Crippen molar-refractivity contribution in [3.05, 3.63) is 26.2 Å². The van der Waals surface area contributed by atoms with E-state index in [1.54, 1.807) is 4.90 Å². The molecular formula is C10H9BrINO2. The second-order valence-electron chi connectivity index (χ2n) is 3.46. The van der Waals surface area contributed by atoms with Crippen molar-refractivity contribution in [3.63, 3.8) is 0 Å². The number of amides is 1. The summed E-state index contributed by atoms with van der Waals surface area (Å²) in [6.07, 6.45) is -0.318. The Bertz CT molecular complexity index is 410. The molecule has 15 heavy (non-hydrogen) atoms. The van der Waals surface area contributed by atoms with Gasteiger partial charge in [0.25, 0.3) is 0 Å². The fourth-order valence-electron chi connectivity index (χ4n) is 1.62. The molecule has 5 heteroatoms. The number of benzene rings is 1. The lowest BCUT2D eigenvalue weighted by Gasteiger charge is -2.17. The Morgan fingerprint density at radius 3 is 2.80 bits per heavy atom. The highest BCUT2D eigenvalue weighted by molar-refractivity contribution is 14.1. The Balaban J connectivity index is 2.34. The Labute approximate surface area is 110 Å². The Morgan fingerprint density at radius 1 is 1.53 bits per heavy atom. The van der Waals surface area contributed by atoms with Gasteiger partial charge in [-0.25, -0.2) is 0 Å². The maximum Gasteiger partial charge on any atom is 0.229 e. The fourth-order valence-corrected chi connectivity index (χ4v) is 3.13. The molecule has 1 aromatic rings. The van der Waals surface area contributed by atoms with Crippen molar-refractivity contribution in [1.29, 1.82) is 0 Å². The van der Waals surface area contributed by atoms with E-state index in [4.69, 9.17) is 0 Å². The lowest BCUT2D eigenvalue weighted by Crippen LogP contribution is -2.25. The molecule has 3 nitrogen and oxygen atoms in total. The first-order chi connectivity index (χ1) is 7.08. The van der Waals surface area contributed by atoms with E-state index in [0.717, 1.165) is 13.7 Å². The highest BCUT2D eigenvalue weighted by Crippen LogP contribution is 2.30. The van der Waals surface area contributed by atoms with Gasteiger partial charge in [-0.1, -0.05) is 0 Å². The zero-order valence-electron chi connectivity index (χ0n) is 7.78. The zero-order chi connectivity index (χ0) is 11.0. The summed E-state index contributed by atoms with van der Waals surface area (Å²) in [4.78, 5) is 13.2. The molecule has 0 saturated carbocycles. The standard InChI is InChI=1S/C10H9BrINO2/c11-8-3-6(12)1-2-9(8)13-5-7(14)4-10(13)15/h1-3,7,14H,4-5H2. The van der Waals surface area contributed by atoms with Crippen molar-refractivity contribution in [3.8, 4) is 0 Å². The number of halogens is 2. The van der Waals surface area contributed by atoms with Crippen LogP contribution in [0.15, 0.2) is 22.7 Å². The van der Waals surface area contributed by atoms with Gasteiger partial charge in [0.2, 0.25) is 5.91 Å². The minimum Gasteiger partial charge on any atom is -0.391 e. The monoisotopic (exact) mass is 381 g/mol. The number of nitrogens with zero attached hydrogens (tertiary/aromatic N) is 1. The molecule has 0 radical (unpaired) electrons. The van der Waals surface area contributed by atoms with Crippen LogP contribution in [0, 0.1) is 3.57 Å². The highest BCUT2D eigenvalue weighted by Gasteiger charge is 2.29. The number of carbonyl (C=O) groups is 1. The third kappa shape index (κ3) is 2.34. The van der Waals surface area contributed by atoms with Crippen molar-refractivity contribution >= 4 is 50.1 Å². The summed E-state index contributed by atoms with van der Waals surface area (Å²) < 4.78 is 1.99. The number of carbonyl (C=O) groups excluding carboxylic acids is 1. The van der Waals surface area contributed by atoms with Crippen LogP contribution in [0.5, 0.6) is 0 Å². The van der Waals surface area contributed by atoms with Gasteiger partial charge in [-0.05, 0) is 56.7 Å². The van der Waals surface area contributed by atoms with Gasteiger partial charge >= 0.3 is 0 Å². The number of β-amino-alcohol motifs (C(OH)–C–C–N with tert-alkyl or cyclic N) is 1. The molecule has 1 saturated heterocycles. The van der Waals surface area contributed by atoms with E-state index in [-0.39, 0.29) is 12.3 Å². The molecule has 0 spiro atoms. The fraction of sp³-hybridized carbons (Fsp3) is 0.300. The first-order valence-corrected chi connectivity index (χ1v) is 6.38. The van der Waals surface area contributed by atoms with Crippen LogP contribution in [0.3, 0.4) is 0 Å². The predicted octanol–water partition coefficient (Wildman–Crippen LogP) is 2.15. The molecule has 1 aliphatic rings. The van der Waals surface area contributed by atoms with E-state index in [1.807, 2.05) is 18.2 Å². The second kappa shape index (κ2) is 4.39. The van der Waals surface area contributed by atoms with Gasteiger partial charge in [-0.3, -0.25) is 4.79 Å². The minimum atomic E-state index is -0.538. The average molecular weight is 382 g/mol. The topological polar surface area (TPSA) is 40.5 Å². The molecule has 0 aliphatic carbocycles. The summed E-state index contributed by atoms with van der Waals surface area (Å²) in [5, 5.41) is 9.40. The SMILES string of the molecule is O=C1CC(O)CN1c1ccc(I)cc1Br. The largest absolute Gasteiger partial charge is 0.391 e. The van der Waals surface area contributed by atoms with Gasteiger partial charge in [0.15, 0.2) is 0 Å². The smallest absolute Gasteiger partial charge is 0.229 e. The van der Waals surface area contributed by atoms with Crippen molar-refractivity contribution in [2.75, 3.05) is 11.4 Å². The lowest BCUT2D eigenvalue weighted by molar-refractivity contribution is -0.117. The van der Waals surface area contributed by atoms with E-state index >= 15 is 0 Å². The average Bonchev–Trinajstić information content (AvgIpc) is 2.45. The third-order valence-corrected chi connectivity index (χ3v) is 3.61. The number of anilines is 1. The van der Waals surface area contributed by atoms with Crippen molar-refractivity contribution < 1.29 is 9.90 Å². The summed E-state index contributed by atoms with van der Waals surface area (Å²) >= 11 is 5.64. The Kier molecular flexibility index (Phi) is 3.32. The summed E-state index contributed by atoms with van der Waals surface area (Å²) in [6.45, 7) is 0.387. The minimum absolute atomic E-state index is 0.0237. The van der Waals surface area contributed by atoms with Crippen LogP contribution in [0.4, 0.5) is 5.69 Å². The molecule has 80 valence electrons. The first kappa shape index (κ1) is 11.3. The van der Waals surface area contributed by atoms with Crippen LogP contribution in [0.25, 0.3) is 0 Å². The molecule has 0 bridgehead atoms. The molecule has 1 fully saturated rings. The van der Waals surface area contributed by atoms with Crippen molar-refractivity contribution in [2.45, 2.75) is 12.5 Å². The van der Waals surface area contributed by atoms with E-state index in [2.05, 4.69) is 38.5 Å². The van der Waals surface area contributed by atoms with Crippen LogP contribution >= 0.6 is 38.5 Å². The molecule has 0 aromatic heterocycles. The molecule has 2 rings (SSSR count). The van der Waals surface area contributed by atoms with E-state index < -0.39 is 6.10 Å². The van der Waals surface area contributed by atoms with Crippen molar-refractivity contribution in [1.82, 2.24) is 0 Å².